The molecule has 138 valence electrons. The lowest BCUT2D eigenvalue weighted by Gasteiger charge is -2.23. The van der Waals surface area contributed by atoms with Crippen LogP contribution in [0.25, 0.3) is 0 Å². The molecule has 9 heteroatoms. The van der Waals surface area contributed by atoms with Gasteiger partial charge in [0.2, 0.25) is 10.0 Å². The molecule has 1 saturated heterocycles. The van der Waals surface area contributed by atoms with Gasteiger partial charge in [0.05, 0.1) is 35.2 Å². The fourth-order valence-electron chi connectivity index (χ4n) is 3.15. The van der Waals surface area contributed by atoms with Crippen LogP contribution in [0.3, 0.4) is 0 Å². The molecule has 0 radical (unpaired) electrons. The highest BCUT2D eigenvalue weighted by Gasteiger charge is 2.37. The molecular formula is C18H18N6O2S. The third-order valence-corrected chi connectivity index (χ3v) is 6.29. The Morgan fingerprint density at radius 2 is 1.81 bits per heavy atom. The molecule has 0 aliphatic carbocycles. The molecule has 0 amide bonds. The fraction of sp³-hybridized carbons (Fsp3) is 0.222. The first-order valence-corrected chi connectivity index (χ1v) is 10.0. The largest absolute Gasteiger partial charge is 0.322 e. The summed E-state index contributed by atoms with van der Waals surface area (Å²) in [6.07, 6.45) is 9.41. The number of benzene rings is 1. The molecule has 2 aromatic heterocycles. The molecule has 3 heterocycles. The van der Waals surface area contributed by atoms with E-state index in [1.165, 1.54) is 4.31 Å². The number of hydrogen-bond donors (Lipinski definition) is 1. The minimum absolute atomic E-state index is 0.290. The summed E-state index contributed by atoms with van der Waals surface area (Å²) in [5, 5.41) is 3.04. The minimum atomic E-state index is -3.58. The van der Waals surface area contributed by atoms with Crippen LogP contribution in [-0.4, -0.2) is 39.2 Å². The van der Waals surface area contributed by atoms with Crippen molar-refractivity contribution in [2.75, 3.05) is 11.9 Å². The van der Waals surface area contributed by atoms with Gasteiger partial charge >= 0.3 is 0 Å². The highest BCUT2D eigenvalue weighted by atomic mass is 32.2. The Hall–Kier alpha value is -2.91. The van der Waals surface area contributed by atoms with Gasteiger partial charge in [0.1, 0.15) is 11.6 Å². The number of hydrogen-bond acceptors (Lipinski definition) is 7. The van der Waals surface area contributed by atoms with E-state index in [1.807, 2.05) is 0 Å². The van der Waals surface area contributed by atoms with Crippen molar-refractivity contribution in [2.45, 2.75) is 23.8 Å². The number of aromatic nitrogens is 4. The van der Waals surface area contributed by atoms with Gasteiger partial charge in [-0.05, 0) is 25.0 Å². The molecule has 27 heavy (non-hydrogen) atoms. The monoisotopic (exact) mass is 382 g/mol. The van der Waals surface area contributed by atoms with E-state index in [9.17, 15) is 8.42 Å². The maximum absolute atomic E-state index is 13.0. The van der Waals surface area contributed by atoms with Crippen LogP contribution in [0.1, 0.15) is 24.6 Å². The van der Waals surface area contributed by atoms with Crippen LogP contribution >= 0.6 is 0 Å². The normalized spacial score (nSPS) is 17.7. The summed E-state index contributed by atoms with van der Waals surface area (Å²) < 4.78 is 27.6. The van der Waals surface area contributed by atoms with Crippen molar-refractivity contribution in [2.24, 2.45) is 0 Å². The minimum Gasteiger partial charge on any atom is -0.322 e. The SMILES string of the molecule is O=S(=O)(c1ccccc1)N1CCC[C@H]1c1cncc(Nc2cnccn2)n1. The molecule has 1 atom stereocenters. The second-order valence-corrected chi connectivity index (χ2v) is 8.02. The zero-order valence-electron chi connectivity index (χ0n) is 14.4. The first-order chi connectivity index (χ1) is 13.1. The number of sulfonamides is 1. The molecular weight excluding hydrogens is 364 g/mol. The average Bonchev–Trinajstić information content (AvgIpc) is 3.21. The number of nitrogens with one attached hydrogen (secondary N) is 1. The maximum Gasteiger partial charge on any atom is 0.243 e. The van der Waals surface area contributed by atoms with E-state index in [-0.39, 0.29) is 6.04 Å². The Labute approximate surface area is 157 Å². The zero-order chi connectivity index (χ0) is 18.7. The van der Waals surface area contributed by atoms with E-state index >= 15 is 0 Å². The predicted molar refractivity (Wildman–Crippen MR) is 99.7 cm³/mol. The van der Waals surface area contributed by atoms with E-state index in [0.717, 1.165) is 6.42 Å². The third-order valence-electron chi connectivity index (χ3n) is 4.37. The van der Waals surface area contributed by atoms with Crippen molar-refractivity contribution in [3.05, 3.63) is 67.0 Å². The van der Waals surface area contributed by atoms with Crippen LogP contribution in [0.2, 0.25) is 0 Å². The van der Waals surface area contributed by atoms with E-state index < -0.39 is 10.0 Å². The average molecular weight is 382 g/mol. The molecule has 0 bridgehead atoms. The van der Waals surface area contributed by atoms with Gasteiger partial charge in [-0.15, -0.1) is 0 Å². The van der Waals surface area contributed by atoms with Crippen molar-refractivity contribution < 1.29 is 8.42 Å². The number of anilines is 2. The smallest absolute Gasteiger partial charge is 0.243 e. The van der Waals surface area contributed by atoms with Crippen molar-refractivity contribution in [3.8, 4) is 0 Å². The lowest BCUT2D eigenvalue weighted by molar-refractivity contribution is 0.390. The maximum atomic E-state index is 13.0. The standard InChI is InChI=1S/C18H18N6O2S/c25-27(26,14-5-2-1-3-6-14)24-10-4-7-16(24)15-11-20-13-18(22-15)23-17-12-19-8-9-21-17/h1-3,5-6,8-9,11-13,16H,4,7,10H2,(H,21,22,23)/t16-/m0/s1. The first-order valence-electron chi connectivity index (χ1n) is 8.56. The number of rotatable bonds is 5. The summed E-state index contributed by atoms with van der Waals surface area (Å²) in [4.78, 5) is 17.2. The second-order valence-electron chi connectivity index (χ2n) is 6.13. The highest BCUT2D eigenvalue weighted by molar-refractivity contribution is 7.89. The van der Waals surface area contributed by atoms with Crippen LogP contribution in [0.5, 0.6) is 0 Å². The van der Waals surface area contributed by atoms with Crippen molar-refractivity contribution in [3.63, 3.8) is 0 Å². The molecule has 1 aliphatic heterocycles. The molecule has 0 saturated carbocycles. The predicted octanol–water partition coefficient (Wildman–Crippen LogP) is 2.54. The van der Waals surface area contributed by atoms with E-state index in [0.29, 0.717) is 35.2 Å². The highest BCUT2D eigenvalue weighted by Crippen LogP contribution is 2.35. The van der Waals surface area contributed by atoms with E-state index in [4.69, 9.17) is 0 Å². The lowest BCUT2D eigenvalue weighted by Crippen LogP contribution is -2.31. The second kappa shape index (κ2) is 7.37. The van der Waals surface area contributed by atoms with Crippen molar-refractivity contribution in [1.29, 1.82) is 0 Å². The van der Waals surface area contributed by atoms with Crippen molar-refractivity contribution in [1.82, 2.24) is 24.2 Å². The van der Waals surface area contributed by atoms with Gasteiger partial charge in [0.25, 0.3) is 0 Å². The van der Waals surface area contributed by atoms with Gasteiger partial charge in [-0.25, -0.2) is 18.4 Å². The lowest BCUT2D eigenvalue weighted by atomic mass is 10.2. The summed E-state index contributed by atoms with van der Waals surface area (Å²) in [5.41, 5.74) is 0.612. The molecule has 3 aromatic rings. The molecule has 0 unspecified atom stereocenters. The quantitative estimate of drug-likeness (QED) is 0.723. The Balaban J connectivity index is 1.62. The molecule has 8 nitrogen and oxygen atoms in total. The van der Waals surface area contributed by atoms with Crippen LogP contribution in [0.15, 0.2) is 66.2 Å². The third kappa shape index (κ3) is 3.64. The molecule has 1 aromatic carbocycles. The van der Waals surface area contributed by atoms with Gasteiger partial charge in [-0.2, -0.15) is 4.31 Å². The number of nitrogens with zero attached hydrogens (tertiary/aromatic N) is 5. The first kappa shape index (κ1) is 17.5. The Morgan fingerprint density at radius 3 is 2.59 bits per heavy atom. The fourth-order valence-corrected chi connectivity index (χ4v) is 4.84. The Kier molecular flexibility index (Phi) is 4.78. The molecule has 0 spiro atoms. The molecule has 1 fully saturated rings. The van der Waals surface area contributed by atoms with Crippen LogP contribution in [0.4, 0.5) is 11.6 Å². The summed E-state index contributed by atoms with van der Waals surface area (Å²) >= 11 is 0. The van der Waals surface area contributed by atoms with Gasteiger partial charge in [0, 0.05) is 18.9 Å². The Morgan fingerprint density at radius 1 is 1.00 bits per heavy atom. The van der Waals surface area contributed by atoms with Crippen LogP contribution in [0, 0.1) is 0 Å². The van der Waals surface area contributed by atoms with E-state index in [1.54, 1.807) is 61.3 Å². The Bertz CT molecular complexity index is 1010. The van der Waals surface area contributed by atoms with Gasteiger partial charge in [-0.1, -0.05) is 18.2 Å². The molecule has 1 N–H and O–H groups in total. The molecule has 4 rings (SSSR count). The van der Waals surface area contributed by atoms with Gasteiger partial charge < -0.3 is 5.32 Å². The summed E-state index contributed by atoms with van der Waals surface area (Å²) in [6.45, 7) is 0.464. The van der Waals surface area contributed by atoms with Gasteiger partial charge in [0.15, 0.2) is 0 Å². The molecule has 1 aliphatic rings. The van der Waals surface area contributed by atoms with E-state index in [2.05, 4.69) is 25.3 Å². The van der Waals surface area contributed by atoms with Crippen LogP contribution < -0.4 is 5.32 Å². The summed E-state index contributed by atoms with van der Waals surface area (Å²) in [6, 6.07) is 8.14. The van der Waals surface area contributed by atoms with Gasteiger partial charge in [-0.3, -0.25) is 9.97 Å². The zero-order valence-corrected chi connectivity index (χ0v) is 15.2. The topological polar surface area (TPSA) is 101 Å². The summed E-state index contributed by atoms with van der Waals surface area (Å²) in [5.74, 6) is 1.04. The van der Waals surface area contributed by atoms with Crippen LogP contribution in [-0.2, 0) is 10.0 Å². The van der Waals surface area contributed by atoms with Crippen molar-refractivity contribution >= 4 is 21.7 Å². The summed E-state index contributed by atoms with van der Waals surface area (Å²) in [7, 11) is -3.58.